The third-order valence-corrected chi connectivity index (χ3v) is 8.64. The molecule has 1 aromatic heterocycles. The number of rotatable bonds is 9. The Morgan fingerprint density at radius 3 is 1.82 bits per heavy atom. The molecule has 8 nitrogen and oxygen atoms in total. The van der Waals surface area contributed by atoms with Gasteiger partial charge in [0.2, 0.25) is 0 Å². The number of aromatic amines is 1. The van der Waals surface area contributed by atoms with Gasteiger partial charge in [-0.15, -0.1) is 0 Å². The molecule has 0 spiro atoms. The van der Waals surface area contributed by atoms with Crippen molar-refractivity contribution < 1.29 is 15.0 Å². The van der Waals surface area contributed by atoms with Gasteiger partial charge in [-0.25, -0.2) is 4.79 Å². The molecular formula is C36H39N5O3. The van der Waals surface area contributed by atoms with Gasteiger partial charge in [0, 0.05) is 38.3 Å². The van der Waals surface area contributed by atoms with E-state index in [1.807, 2.05) is 116 Å². The topological polar surface area (TPSA) is 95.9 Å². The van der Waals surface area contributed by atoms with Gasteiger partial charge in [-0.2, -0.15) is 5.10 Å². The van der Waals surface area contributed by atoms with Gasteiger partial charge < -0.3 is 24.9 Å². The molecule has 2 heterocycles. The summed E-state index contributed by atoms with van der Waals surface area (Å²) in [5.41, 5.74) is 5.78. The number of anilines is 1. The van der Waals surface area contributed by atoms with E-state index in [2.05, 4.69) is 16.3 Å². The average molecular weight is 590 g/mol. The maximum absolute atomic E-state index is 14.9. The molecule has 1 fully saturated rings. The van der Waals surface area contributed by atoms with Crippen molar-refractivity contribution in [3.63, 3.8) is 0 Å². The summed E-state index contributed by atoms with van der Waals surface area (Å²) in [5, 5.41) is 32.0. The monoisotopic (exact) mass is 589 g/mol. The second kappa shape index (κ2) is 12.9. The van der Waals surface area contributed by atoms with Crippen LogP contribution in [0.1, 0.15) is 22.3 Å². The van der Waals surface area contributed by atoms with Crippen molar-refractivity contribution in [3.8, 4) is 0 Å². The Morgan fingerprint density at radius 1 is 0.705 bits per heavy atom. The van der Waals surface area contributed by atoms with Crippen molar-refractivity contribution in [2.75, 3.05) is 19.0 Å². The van der Waals surface area contributed by atoms with Crippen LogP contribution in [-0.4, -0.2) is 74.6 Å². The van der Waals surface area contributed by atoms with Gasteiger partial charge >= 0.3 is 6.03 Å². The van der Waals surface area contributed by atoms with Crippen molar-refractivity contribution in [2.24, 2.45) is 0 Å². The fourth-order valence-corrected chi connectivity index (χ4v) is 6.23. The molecule has 1 aliphatic heterocycles. The molecular weight excluding hydrogens is 550 g/mol. The number of carbonyl (C=O) groups is 1. The van der Waals surface area contributed by atoms with Crippen LogP contribution in [0.15, 0.2) is 109 Å². The van der Waals surface area contributed by atoms with Crippen LogP contribution in [-0.2, 0) is 25.9 Å². The molecule has 1 aliphatic rings. The molecule has 44 heavy (non-hydrogen) atoms. The zero-order chi connectivity index (χ0) is 30.6. The minimum absolute atomic E-state index is 0.218. The number of H-pyrrole nitrogens is 1. The largest absolute Gasteiger partial charge is 0.388 e. The summed E-state index contributed by atoms with van der Waals surface area (Å²) < 4.78 is 0. The van der Waals surface area contributed by atoms with Gasteiger partial charge in [0.15, 0.2) is 0 Å². The molecule has 4 atom stereocenters. The average Bonchev–Trinajstić information content (AvgIpc) is 3.50. The number of aromatic nitrogens is 2. The Bertz CT molecular complexity index is 1690. The Kier molecular flexibility index (Phi) is 8.63. The van der Waals surface area contributed by atoms with Gasteiger partial charge in [-0.1, -0.05) is 78.9 Å². The molecule has 2 amide bonds. The molecule has 6 rings (SSSR count). The standard InChI is InChI=1S/C36H39N5O3/c1-39(2)30-15-9-14-27(19-30)23-40-32(20-25-10-5-3-6-11-25)34(42)35(43)33(21-26-12-7-4-8-13-26)41(36(40)44)24-28-16-17-31-29(18-28)22-37-38-31/h3-19,22,32-35,42-43H,20-21,23-24H2,1-2H3,(H,37,38)/t32-,33-,34+,35+/m1/s1. The normalized spacial score (nSPS) is 20.6. The zero-order valence-electron chi connectivity index (χ0n) is 25.1. The van der Waals surface area contributed by atoms with Crippen LogP contribution in [0, 0.1) is 0 Å². The summed E-state index contributed by atoms with van der Waals surface area (Å²) in [6.45, 7) is 0.560. The fourth-order valence-electron chi connectivity index (χ4n) is 6.23. The first kappa shape index (κ1) is 29.4. The molecule has 8 heteroatoms. The van der Waals surface area contributed by atoms with Crippen LogP contribution < -0.4 is 4.90 Å². The van der Waals surface area contributed by atoms with E-state index in [1.54, 1.807) is 16.0 Å². The maximum atomic E-state index is 14.9. The summed E-state index contributed by atoms with van der Waals surface area (Å²) in [6.07, 6.45) is 0.226. The molecule has 0 radical (unpaired) electrons. The molecule has 0 bridgehead atoms. The van der Waals surface area contributed by atoms with Gasteiger partial charge in [0.25, 0.3) is 0 Å². The van der Waals surface area contributed by atoms with E-state index in [1.165, 1.54) is 0 Å². The second-order valence-corrected chi connectivity index (χ2v) is 11.9. The molecule has 1 saturated heterocycles. The van der Waals surface area contributed by atoms with E-state index in [9.17, 15) is 15.0 Å². The first-order valence-corrected chi connectivity index (χ1v) is 15.1. The number of hydrogen-bond donors (Lipinski definition) is 3. The van der Waals surface area contributed by atoms with Crippen LogP contribution in [0.3, 0.4) is 0 Å². The van der Waals surface area contributed by atoms with Gasteiger partial charge in [-0.05, 0) is 59.4 Å². The second-order valence-electron chi connectivity index (χ2n) is 11.9. The zero-order valence-corrected chi connectivity index (χ0v) is 25.1. The highest BCUT2D eigenvalue weighted by atomic mass is 16.3. The van der Waals surface area contributed by atoms with Crippen LogP contribution in [0.2, 0.25) is 0 Å². The van der Waals surface area contributed by atoms with Gasteiger partial charge in [-0.3, -0.25) is 5.10 Å². The fraction of sp³-hybridized carbons (Fsp3) is 0.278. The van der Waals surface area contributed by atoms with Gasteiger partial charge in [0.1, 0.15) is 12.2 Å². The molecule has 4 aromatic carbocycles. The minimum Gasteiger partial charge on any atom is -0.388 e. The number of hydrogen-bond acceptors (Lipinski definition) is 5. The Morgan fingerprint density at radius 2 is 1.25 bits per heavy atom. The Hall–Kier alpha value is -4.66. The van der Waals surface area contributed by atoms with Crippen LogP contribution >= 0.6 is 0 Å². The first-order chi connectivity index (χ1) is 21.4. The third kappa shape index (κ3) is 6.32. The summed E-state index contributed by atoms with van der Waals surface area (Å²) in [6, 6.07) is 32.2. The van der Waals surface area contributed by atoms with E-state index < -0.39 is 24.3 Å². The van der Waals surface area contributed by atoms with Crippen LogP contribution in [0.4, 0.5) is 10.5 Å². The third-order valence-electron chi connectivity index (χ3n) is 8.64. The molecule has 0 saturated carbocycles. The maximum Gasteiger partial charge on any atom is 0.321 e. The number of aliphatic hydroxyl groups excluding tert-OH is 2. The number of amides is 2. The van der Waals surface area contributed by atoms with Gasteiger partial charge in [0.05, 0.1) is 23.8 Å². The summed E-state index contributed by atoms with van der Waals surface area (Å²) in [5.74, 6) is 0. The van der Waals surface area contributed by atoms with Crippen molar-refractivity contribution in [1.29, 1.82) is 0 Å². The summed E-state index contributed by atoms with van der Waals surface area (Å²) in [4.78, 5) is 20.4. The van der Waals surface area contributed by atoms with Crippen LogP contribution in [0.5, 0.6) is 0 Å². The van der Waals surface area contributed by atoms with E-state index in [4.69, 9.17) is 0 Å². The number of fused-ring (bicyclic) bond motifs is 1. The highest BCUT2D eigenvalue weighted by molar-refractivity contribution is 5.79. The number of nitrogens with zero attached hydrogens (tertiary/aromatic N) is 4. The predicted octanol–water partition coefficient (Wildman–Crippen LogP) is 5.01. The number of aliphatic hydroxyl groups is 2. The number of benzene rings is 4. The van der Waals surface area contributed by atoms with Crippen molar-refractivity contribution in [3.05, 3.63) is 132 Å². The Balaban J connectivity index is 1.43. The lowest BCUT2D eigenvalue weighted by molar-refractivity contribution is -0.0408. The highest BCUT2D eigenvalue weighted by Crippen LogP contribution is 2.31. The Labute approximate surface area is 258 Å². The number of nitrogens with one attached hydrogen (secondary N) is 1. The molecule has 0 aliphatic carbocycles. The van der Waals surface area contributed by atoms with E-state index in [0.29, 0.717) is 12.8 Å². The highest BCUT2D eigenvalue weighted by Gasteiger charge is 2.46. The van der Waals surface area contributed by atoms with E-state index in [-0.39, 0.29) is 19.1 Å². The minimum atomic E-state index is -1.18. The van der Waals surface area contributed by atoms with E-state index >= 15 is 0 Å². The lowest BCUT2D eigenvalue weighted by Gasteiger charge is -2.36. The van der Waals surface area contributed by atoms with Crippen molar-refractivity contribution in [2.45, 2.75) is 50.2 Å². The molecule has 0 unspecified atom stereocenters. The smallest absolute Gasteiger partial charge is 0.321 e. The van der Waals surface area contributed by atoms with E-state index in [0.717, 1.165) is 38.8 Å². The van der Waals surface area contributed by atoms with Crippen LogP contribution in [0.25, 0.3) is 10.9 Å². The molecule has 226 valence electrons. The quantitative estimate of drug-likeness (QED) is 0.225. The number of urea groups is 1. The lowest BCUT2D eigenvalue weighted by Crippen LogP contribution is -2.50. The molecule has 3 N–H and O–H groups in total. The lowest BCUT2D eigenvalue weighted by atomic mass is 9.91. The summed E-state index contributed by atoms with van der Waals surface area (Å²) >= 11 is 0. The SMILES string of the molecule is CN(C)c1cccc(CN2C(=O)N(Cc3ccc4[nH]ncc4c3)[C@H](Cc3ccccc3)[C@H](O)[C@@H](O)[C@H]2Cc2ccccc2)c1. The number of carbonyl (C=O) groups excluding carboxylic acids is 1. The predicted molar refractivity (Wildman–Crippen MR) is 173 cm³/mol. The summed E-state index contributed by atoms with van der Waals surface area (Å²) in [7, 11) is 3.97. The van der Waals surface area contributed by atoms with Crippen molar-refractivity contribution >= 4 is 22.6 Å². The molecule has 5 aromatic rings. The van der Waals surface area contributed by atoms with Crippen molar-refractivity contribution in [1.82, 2.24) is 20.0 Å². The first-order valence-electron chi connectivity index (χ1n) is 15.1.